The van der Waals surface area contributed by atoms with Crippen molar-refractivity contribution in [3.8, 4) is 0 Å². The van der Waals surface area contributed by atoms with Crippen molar-refractivity contribution in [2.45, 2.75) is 51.2 Å². The summed E-state index contributed by atoms with van der Waals surface area (Å²) in [4.78, 5) is 33.1. The molecule has 0 saturated carbocycles. The van der Waals surface area contributed by atoms with Crippen LogP contribution >= 0.6 is 0 Å². The molecule has 0 spiro atoms. The van der Waals surface area contributed by atoms with E-state index in [2.05, 4.69) is 15.2 Å². The minimum atomic E-state index is -4.46. The van der Waals surface area contributed by atoms with Gasteiger partial charge in [-0.2, -0.15) is 18.2 Å². The summed E-state index contributed by atoms with van der Waals surface area (Å²) in [7, 11) is 0. The molecule has 5 rings (SSSR count). The number of hydrogen-bond acceptors (Lipinski definition) is 3. The van der Waals surface area contributed by atoms with Gasteiger partial charge < -0.3 is 10.2 Å². The van der Waals surface area contributed by atoms with Gasteiger partial charge in [-0.15, -0.1) is 0 Å². The molecule has 0 radical (unpaired) electrons. The SMILES string of the molecule is O=C1N=C(N2CCC(Cc3ccccc3)(C(=O)NCc3ccccc3)CC2)CCCc2cc(C(F)(F)F)ccc21. The van der Waals surface area contributed by atoms with Gasteiger partial charge >= 0.3 is 6.18 Å². The van der Waals surface area contributed by atoms with Crippen LogP contribution in [0.2, 0.25) is 0 Å². The Bertz CT molecular complexity index is 1380. The number of rotatable bonds is 5. The Hall–Kier alpha value is -3.94. The van der Waals surface area contributed by atoms with Gasteiger partial charge in [0.2, 0.25) is 5.91 Å². The normalized spacial score (nSPS) is 17.3. The zero-order valence-corrected chi connectivity index (χ0v) is 22.2. The number of amides is 2. The smallest absolute Gasteiger partial charge is 0.360 e. The van der Waals surface area contributed by atoms with E-state index in [1.165, 1.54) is 6.07 Å². The summed E-state index contributed by atoms with van der Waals surface area (Å²) in [6.07, 6.45) is -1.19. The first-order valence-electron chi connectivity index (χ1n) is 13.7. The first-order valence-corrected chi connectivity index (χ1v) is 13.7. The number of carbonyl (C=O) groups excluding carboxylic acids is 2. The van der Waals surface area contributed by atoms with E-state index in [4.69, 9.17) is 0 Å². The first kappa shape index (κ1) is 27.6. The molecule has 0 aromatic heterocycles. The number of nitrogens with one attached hydrogen (secondary N) is 1. The van der Waals surface area contributed by atoms with E-state index in [9.17, 15) is 22.8 Å². The van der Waals surface area contributed by atoms with E-state index < -0.39 is 23.1 Å². The van der Waals surface area contributed by atoms with Crippen molar-refractivity contribution in [3.05, 3.63) is 107 Å². The third-order valence-electron chi connectivity index (χ3n) is 7.99. The molecule has 2 aliphatic rings. The van der Waals surface area contributed by atoms with Crippen LogP contribution in [-0.4, -0.2) is 35.6 Å². The van der Waals surface area contributed by atoms with Crippen LogP contribution in [0.5, 0.6) is 0 Å². The number of likely N-dealkylation sites (tertiary alicyclic amines) is 1. The fraction of sp³-hybridized carbons (Fsp3) is 0.344. The number of fused-ring (bicyclic) bond motifs is 1. The Balaban J connectivity index is 1.32. The van der Waals surface area contributed by atoms with E-state index in [0.717, 1.165) is 23.3 Å². The molecule has 3 aromatic carbocycles. The summed E-state index contributed by atoms with van der Waals surface area (Å²) in [5, 5.41) is 3.15. The summed E-state index contributed by atoms with van der Waals surface area (Å²) in [5.74, 6) is 0.152. The monoisotopic (exact) mass is 547 g/mol. The summed E-state index contributed by atoms with van der Waals surface area (Å²) >= 11 is 0. The van der Waals surface area contributed by atoms with Crippen LogP contribution in [0, 0.1) is 5.41 Å². The quantitative estimate of drug-likeness (QED) is 0.413. The van der Waals surface area contributed by atoms with Crippen molar-refractivity contribution >= 4 is 17.6 Å². The van der Waals surface area contributed by atoms with Crippen molar-refractivity contribution in [2.75, 3.05) is 13.1 Å². The summed E-state index contributed by atoms with van der Waals surface area (Å²) in [6.45, 7) is 1.59. The minimum Gasteiger partial charge on any atom is -0.360 e. The highest BCUT2D eigenvalue weighted by atomic mass is 19.4. The van der Waals surface area contributed by atoms with Crippen molar-refractivity contribution in [1.82, 2.24) is 10.2 Å². The summed E-state index contributed by atoms with van der Waals surface area (Å²) < 4.78 is 39.6. The first-order chi connectivity index (χ1) is 19.2. The molecule has 40 heavy (non-hydrogen) atoms. The number of hydrogen-bond donors (Lipinski definition) is 1. The van der Waals surface area contributed by atoms with Gasteiger partial charge in [-0.05, 0) is 67.0 Å². The summed E-state index contributed by atoms with van der Waals surface area (Å²) in [5.41, 5.74) is 1.39. The van der Waals surface area contributed by atoms with Gasteiger partial charge in [0.15, 0.2) is 0 Å². The molecule has 208 valence electrons. The van der Waals surface area contributed by atoms with Gasteiger partial charge in [-0.1, -0.05) is 60.7 Å². The molecule has 0 unspecified atom stereocenters. The number of halogens is 3. The maximum absolute atomic E-state index is 13.7. The molecular formula is C32H32F3N3O2. The predicted molar refractivity (Wildman–Crippen MR) is 148 cm³/mol. The average Bonchev–Trinajstić information content (AvgIpc) is 2.95. The fourth-order valence-corrected chi connectivity index (χ4v) is 5.71. The Morgan fingerprint density at radius 2 is 1.55 bits per heavy atom. The second-order valence-electron chi connectivity index (χ2n) is 10.7. The lowest BCUT2D eigenvalue weighted by Crippen LogP contribution is -2.51. The number of alkyl halides is 3. The Kier molecular flexibility index (Phi) is 8.05. The number of benzene rings is 3. The number of aliphatic imine (C=N–C) groups is 1. The van der Waals surface area contributed by atoms with Crippen LogP contribution in [0.15, 0.2) is 83.9 Å². The van der Waals surface area contributed by atoms with Crippen LogP contribution in [0.25, 0.3) is 0 Å². The van der Waals surface area contributed by atoms with Gasteiger partial charge in [0.1, 0.15) is 5.84 Å². The van der Waals surface area contributed by atoms with Crippen LogP contribution in [0.1, 0.15) is 58.3 Å². The fourth-order valence-electron chi connectivity index (χ4n) is 5.71. The molecule has 0 aliphatic carbocycles. The molecule has 0 atom stereocenters. The molecule has 1 saturated heterocycles. The number of carbonyl (C=O) groups is 2. The Morgan fingerprint density at radius 3 is 2.20 bits per heavy atom. The molecule has 8 heteroatoms. The lowest BCUT2D eigenvalue weighted by Gasteiger charge is -2.42. The highest BCUT2D eigenvalue weighted by Crippen LogP contribution is 2.37. The Labute approximate surface area is 232 Å². The van der Waals surface area contributed by atoms with Gasteiger partial charge in [0.25, 0.3) is 5.91 Å². The van der Waals surface area contributed by atoms with Crippen LogP contribution in [0.4, 0.5) is 13.2 Å². The van der Waals surface area contributed by atoms with Crippen molar-refractivity contribution in [3.63, 3.8) is 0 Å². The van der Waals surface area contributed by atoms with E-state index >= 15 is 0 Å². The van der Waals surface area contributed by atoms with Gasteiger partial charge in [-0.3, -0.25) is 9.59 Å². The molecular weight excluding hydrogens is 515 g/mol. The van der Waals surface area contributed by atoms with E-state index in [0.29, 0.717) is 69.6 Å². The molecule has 0 bridgehead atoms. The lowest BCUT2D eigenvalue weighted by molar-refractivity contribution is -0.137. The molecule has 5 nitrogen and oxygen atoms in total. The molecule has 2 aliphatic heterocycles. The van der Waals surface area contributed by atoms with E-state index in [-0.39, 0.29) is 11.5 Å². The highest BCUT2D eigenvalue weighted by Gasteiger charge is 2.42. The zero-order valence-electron chi connectivity index (χ0n) is 22.2. The third-order valence-corrected chi connectivity index (χ3v) is 7.99. The van der Waals surface area contributed by atoms with E-state index in [1.807, 2.05) is 60.7 Å². The molecule has 2 amide bonds. The van der Waals surface area contributed by atoms with Crippen molar-refractivity contribution < 1.29 is 22.8 Å². The van der Waals surface area contributed by atoms with Crippen LogP contribution in [0.3, 0.4) is 0 Å². The number of piperidine rings is 1. The van der Waals surface area contributed by atoms with Crippen molar-refractivity contribution in [1.29, 1.82) is 0 Å². The maximum atomic E-state index is 13.7. The van der Waals surface area contributed by atoms with Gasteiger partial charge in [0.05, 0.1) is 11.0 Å². The van der Waals surface area contributed by atoms with Crippen LogP contribution in [-0.2, 0) is 30.4 Å². The Morgan fingerprint density at radius 1 is 0.900 bits per heavy atom. The second kappa shape index (κ2) is 11.7. The lowest BCUT2D eigenvalue weighted by atomic mass is 9.72. The number of amidine groups is 1. The highest BCUT2D eigenvalue weighted by molar-refractivity contribution is 6.04. The molecule has 3 aromatic rings. The van der Waals surface area contributed by atoms with Crippen LogP contribution < -0.4 is 5.32 Å². The second-order valence-corrected chi connectivity index (χ2v) is 10.7. The average molecular weight is 548 g/mol. The number of aryl methyl sites for hydroxylation is 1. The van der Waals surface area contributed by atoms with Crippen molar-refractivity contribution in [2.24, 2.45) is 10.4 Å². The number of nitrogens with zero attached hydrogens (tertiary/aromatic N) is 2. The maximum Gasteiger partial charge on any atom is 0.416 e. The summed E-state index contributed by atoms with van der Waals surface area (Å²) in [6, 6.07) is 23.1. The molecule has 1 N–H and O–H groups in total. The predicted octanol–water partition coefficient (Wildman–Crippen LogP) is 6.22. The molecule has 1 fully saturated rings. The third kappa shape index (κ3) is 6.27. The van der Waals surface area contributed by atoms with Gasteiger partial charge in [0, 0.05) is 31.6 Å². The van der Waals surface area contributed by atoms with E-state index in [1.54, 1.807) is 0 Å². The topological polar surface area (TPSA) is 61.8 Å². The zero-order chi connectivity index (χ0) is 28.2. The minimum absolute atomic E-state index is 0.0185. The largest absolute Gasteiger partial charge is 0.416 e. The standard InChI is InChI=1S/C32H32F3N3O2/c33-32(34,35)26-14-15-27-25(20-26)12-7-13-28(37-29(27)39)38-18-16-31(17-19-38,21-23-8-3-1-4-9-23)30(40)36-22-24-10-5-2-6-11-24/h1-6,8-11,14-15,20H,7,12-13,16-19,21-22H2,(H,36,40). The molecule has 2 heterocycles. The van der Waals surface area contributed by atoms with Gasteiger partial charge in [-0.25, -0.2) is 0 Å².